The second-order valence-electron chi connectivity index (χ2n) is 4.84. The number of likely N-dealkylation sites (tertiary alicyclic amines) is 1. The fourth-order valence-electron chi connectivity index (χ4n) is 2.95. The first-order valence-corrected chi connectivity index (χ1v) is 5.83. The lowest BCUT2D eigenvalue weighted by Gasteiger charge is -2.38. The van der Waals surface area contributed by atoms with Crippen LogP contribution in [0.4, 0.5) is 5.69 Å². The first-order chi connectivity index (χ1) is 7.72. The van der Waals surface area contributed by atoms with E-state index in [0.29, 0.717) is 0 Å². The molecule has 1 amide bonds. The normalized spacial score (nSPS) is 29.2. The molecule has 1 atom stereocenters. The summed E-state index contributed by atoms with van der Waals surface area (Å²) >= 11 is 0. The van der Waals surface area contributed by atoms with Crippen LogP contribution in [0, 0.1) is 0 Å². The third-order valence-corrected chi connectivity index (χ3v) is 3.99. The highest BCUT2D eigenvalue weighted by Gasteiger charge is 2.47. The van der Waals surface area contributed by atoms with Crippen molar-refractivity contribution in [3.8, 4) is 0 Å². The number of nitrogens with zero attached hydrogens (tertiary/aromatic N) is 1. The maximum Gasteiger partial charge on any atom is 0.245 e. The van der Waals surface area contributed by atoms with Gasteiger partial charge < -0.3 is 5.32 Å². The van der Waals surface area contributed by atoms with Crippen molar-refractivity contribution >= 4 is 11.6 Å². The van der Waals surface area contributed by atoms with Crippen LogP contribution in [0.3, 0.4) is 0 Å². The Morgan fingerprint density at radius 1 is 1.38 bits per heavy atom. The molecule has 1 unspecified atom stereocenters. The third kappa shape index (κ3) is 1.21. The monoisotopic (exact) mass is 216 g/mol. The molecule has 0 bridgehead atoms. The number of carbonyl (C=O) groups excluding carboxylic acids is 1. The summed E-state index contributed by atoms with van der Waals surface area (Å²) in [6.45, 7) is 1.02. The first-order valence-electron chi connectivity index (χ1n) is 5.83. The van der Waals surface area contributed by atoms with Crippen LogP contribution in [0.25, 0.3) is 0 Å². The molecular weight excluding hydrogens is 200 g/mol. The van der Waals surface area contributed by atoms with E-state index in [1.165, 1.54) is 5.56 Å². The Kier molecular flexibility index (Phi) is 2.04. The number of carbonyl (C=O) groups is 1. The number of hydrogen-bond donors (Lipinski definition) is 1. The van der Waals surface area contributed by atoms with E-state index in [0.717, 1.165) is 31.5 Å². The lowest BCUT2D eigenvalue weighted by Crippen LogP contribution is -2.55. The van der Waals surface area contributed by atoms with Crippen molar-refractivity contribution < 1.29 is 4.79 Å². The fourth-order valence-corrected chi connectivity index (χ4v) is 2.95. The zero-order chi connectivity index (χ0) is 11.2. The Labute approximate surface area is 95.4 Å². The highest BCUT2D eigenvalue weighted by atomic mass is 16.2. The van der Waals surface area contributed by atoms with Crippen molar-refractivity contribution in [2.75, 3.05) is 18.9 Å². The predicted molar refractivity (Wildman–Crippen MR) is 63.4 cm³/mol. The highest BCUT2D eigenvalue weighted by Crippen LogP contribution is 2.37. The van der Waals surface area contributed by atoms with E-state index in [-0.39, 0.29) is 11.4 Å². The average Bonchev–Trinajstić information content (AvgIpc) is 2.63. The van der Waals surface area contributed by atoms with Crippen molar-refractivity contribution in [1.82, 2.24) is 4.90 Å². The molecule has 2 heterocycles. The van der Waals surface area contributed by atoms with Gasteiger partial charge in [-0.05, 0) is 38.1 Å². The molecule has 84 valence electrons. The van der Waals surface area contributed by atoms with Gasteiger partial charge in [0, 0.05) is 12.1 Å². The van der Waals surface area contributed by atoms with Crippen molar-refractivity contribution in [1.29, 1.82) is 0 Å². The molecular formula is C13H16N2O. The molecule has 1 saturated heterocycles. The van der Waals surface area contributed by atoms with E-state index in [1.807, 2.05) is 18.2 Å². The Morgan fingerprint density at radius 2 is 2.19 bits per heavy atom. The van der Waals surface area contributed by atoms with Gasteiger partial charge in [0.2, 0.25) is 5.91 Å². The Balaban J connectivity index is 2.04. The predicted octanol–water partition coefficient (Wildman–Crippen LogP) is 1.65. The zero-order valence-electron chi connectivity index (χ0n) is 9.49. The molecule has 1 spiro atoms. The summed E-state index contributed by atoms with van der Waals surface area (Å²) in [5, 5.41) is 3.04. The van der Waals surface area contributed by atoms with Crippen molar-refractivity contribution in [2.24, 2.45) is 0 Å². The molecule has 1 fully saturated rings. The Morgan fingerprint density at radius 3 is 2.94 bits per heavy atom. The Hall–Kier alpha value is -1.35. The van der Waals surface area contributed by atoms with Gasteiger partial charge in [-0.25, -0.2) is 0 Å². The van der Waals surface area contributed by atoms with Crippen LogP contribution in [0.2, 0.25) is 0 Å². The maximum atomic E-state index is 12.2. The van der Waals surface area contributed by atoms with Crippen LogP contribution in [0.1, 0.15) is 18.4 Å². The van der Waals surface area contributed by atoms with Crippen molar-refractivity contribution in [2.45, 2.75) is 24.8 Å². The first kappa shape index (κ1) is 9.85. The number of para-hydroxylation sites is 1. The number of fused-ring (bicyclic) bond motifs is 1. The summed E-state index contributed by atoms with van der Waals surface area (Å²) in [6.07, 6.45) is 2.95. The molecule has 1 aromatic rings. The summed E-state index contributed by atoms with van der Waals surface area (Å²) in [7, 11) is 2.06. The van der Waals surface area contributed by atoms with Crippen molar-refractivity contribution in [3.05, 3.63) is 29.8 Å². The lowest BCUT2D eigenvalue weighted by atomic mass is 9.84. The second kappa shape index (κ2) is 3.32. The largest absolute Gasteiger partial charge is 0.324 e. The molecule has 0 aliphatic carbocycles. The number of nitrogens with one attached hydrogen (secondary N) is 1. The topological polar surface area (TPSA) is 32.3 Å². The molecule has 0 aromatic heterocycles. The molecule has 3 heteroatoms. The van der Waals surface area contributed by atoms with E-state index < -0.39 is 0 Å². The van der Waals surface area contributed by atoms with Gasteiger partial charge in [0.15, 0.2) is 0 Å². The Bertz CT molecular complexity index is 443. The van der Waals surface area contributed by atoms with Gasteiger partial charge in [0.05, 0.1) is 0 Å². The number of benzene rings is 1. The van der Waals surface area contributed by atoms with Crippen molar-refractivity contribution in [3.63, 3.8) is 0 Å². The number of rotatable bonds is 0. The molecule has 0 radical (unpaired) electrons. The van der Waals surface area contributed by atoms with E-state index in [1.54, 1.807) is 0 Å². The summed E-state index contributed by atoms with van der Waals surface area (Å²) in [6, 6.07) is 8.10. The zero-order valence-corrected chi connectivity index (χ0v) is 9.49. The smallest absolute Gasteiger partial charge is 0.245 e. The van der Waals surface area contributed by atoms with E-state index in [4.69, 9.17) is 0 Å². The molecule has 2 aliphatic heterocycles. The van der Waals surface area contributed by atoms with Crippen LogP contribution >= 0.6 is 0 Å². The lowest BCUT2D eigenvalue weighted by molar-refractivity contribution is -0.126. The van der Waals surface area contributed by atoms with Gasteiger partial charge in [-0.3, -0.25) is 9.69 Å². The molecule has 0 saturated carbocycles. The summed E-state index contributed by atoms with van der Waals surface area (Å²) < 4.78 is 0. The third-order valence-electron chi connectivity index (χ3n) is 3.99. The average molecular weight is 216 g/mol. The minimum atomic E-state index is -0.283. The molecule has 1 N–H and O–H groups in total. The van der Waals surface area contributed by atoms with Gasteiger partial charge in [0.25, 0.3) is 0 Å². The highest BCUT2D eigenvalue weighted by molar-refractivity contribution is 6.01. The van der Waals surface area contributed by atoms with Crippen LogP contribution in [0.5, 0.6) is 0 Å². The SMILES string of the molecule is CN1CCCC12Cc1ccccc1NC2=O. The van der Waals surface area contributed by atoms with Crippen LogP contribution in [0.15, 0.2) is 24.3 Å². The fraction of sp³-hybridized carbons (Fsp3) is 0.462. The van der Waals surface area contributed by atoms with E-state index in [9.17, 15) is 4.79 Å². The standard InChI is InChI=1S/C13H16N2O/c1-15-8-4-7-13(15)9-10-5-2-3-6-11(10)14-12(13)16/h2-3,5-6H,4,7-9H2,1H3,(H,14,16). The van der Waals surface area contributed by atoms with Gasteiger partial charge >= 0.3 is 0 Å². The van der Waals surface area contributed by atoms with Gasteiger partial charge in [-0.15, -0.1) is 0 Å². The minimum absolute atomic E-state index is 0.172. The van der Waals surface area contributed by atoms with E-state index in [2.05, 4.69) is 23.3 Å². The quantitative estimate of drug-likeness (QED) is 0.715. The molecule has 3 rings (SSSR count). The maximum absolute atomic E-state index is 12.2. The minimum Gasteiger partial charge on any atom is -0.324 e. The summed E-state index contributed by atoms with van der Waals surface area (Å²) in [4.78, 5) is 14.4. The molecule has 3 nitrogen and oxygen atoms in total. The number of amides is 1. The van der Waals surface area contributed by atoms with Gasteiger partial charge in [-0.2, -0.15) is 0 Å². The summed E-state index contributed by atoms with van der Waals surface area (Å²) in [5.74, 6) is 0.172. The molecule has 2 aliphatic rings. The number of likely N-dealkylation sites (N-methyl/N-ethyl adjacent to an activating group) is 1. The summed E-state index contributed by atoms with van der Waals surface area (Å²) in [5.41, 5.74) is 1.96. The number of hydrogen-bond acceptors (Lipinski definition) is 2. The second-order valence-corrected chi connectivity index (χ2v) is 4.84. The van der Waals surface area contributed by atoms with Crippen LogP contribution in [-0.2, 0) is 11.2 Å². The van der Waals surface area contributed by atoms with Gasteiger partial charge in [-0.1, -0.05) is 18.2 Å². The number of anilines is 1. The van der Waals surface area contributed by atoms with Gasteiger partial charge in [0.1, 0.15) is 5.54 Å². The van der Waals surface area contributed by atoms with Crippen LogP contribution in [-0.4, -0.2) is 29.9 Å². The van der Waals surface area contributed by atoms with Crippen LogP contribution < -0.4 is 5.32 Å². The molecule has 1 aromatic carbocycles. The van der Waals surface area contributed by atoms with E-state index >= 15 is 0 Å². The molecule has 16 heavy (non-hydrogen) atoms.